The third-order valence-corrected chi connectivity index (χ3v) is 3.20. The predicted molar refractivity (Wildman–Crippen MR) is 84.5 cm³/mol. The van der Waals surface area contributed by atoms with E-state index in [2.05, 4.69) is 5.32 Å². The second kappa shape index (κ2) is 9.68. The molecule has 0 saturated heterocycles. The van der Waals surface area contributed by atoms with E-state index in [9.17, 15) is 14.4 Å². The molecule has 0 aromatic heterocycles. The molecule has 23 heavy (non-hydrogen) atoms. The predicted octanol–water partition coefficient (Wildman–Crippen LogP) is 1.16. The van der Waals surface area contributed by atoms with Crippen LogP contribution in [0.5, 0.6) is 5.75 Å². The van der Waals surface area contributed by atoms with Crippen molar-refractivity contribution >= 4 is 29.4 Å². The summed E-state index contributed by atoms with van der Waals surface area (Å²) in [4.78, 5) is 35.4. The third kappa shape index (κ3) is 7.51. The van der Waals surface area contributed by atoms with Crippen LogP contribution in [0.4, 0.5) is 0 Å². The van der Waals surface area contributed by atoms with Crippen LogP contribution in [0.1, 0.15) is 13.3 Å². The number of nitrogens with zero attached hydrogens (tertiary/aromatic N) is 1. The van der Waals surface area contributed by atoms with Crippen LogP contribution in [0.15, 0.2) is 24.3 Å². The number of carbonyl (C=O) groups excluding carboxylic acids is 2. The topological polar surface area (TPSA) is 95.9 Å². The maximum Gasteiger partial charge on any atom is 0.305 e. The van der Waals surface area contributed by atoms with Crippen molar-refractivity contribution < 1.29 is 24.2 Å². The van der Waals surface area contributed by atoms with Crippen LogP contribution in [-0.2, 0) is 14.4 Å². The largest absolute Gasteiger partial charge is 0.484 e. The monoisotopic (exact) mass is 342 g/mol. The number of nitrogens with one attached hydrogen (secondary N) is 1. The van der Waals surface area contributed by atoms with Crippen LogP contribution < -0.4 is 10.1 Å². The zero-order valence-electron chi connectivity index (χ0n) is 12.8. The van der Waals surface area contributed by atoms with Crippen LogP contribution in [0.25, 0.3) is 0 Å². The quantitative estimate of drug-likeness (QED) is 0.702. The Kier molecular flexibility index (Phi) is 7.90. The van der Waals surface area contributed by atoms with Crippen molar-refractivity contribution in [2.45, 2.75) is 13.3 Å². The zero-order chi connectivity index (χ0) is 17.2. The summed E-state index contributed by atoms with van der Waals surface area (Å²) in [7, 11) is 0. The van der Waals surface area contributed by atoms with Gasteiger partial charge in [-0.3, -0.25) is 14.4 Å². The molecule has 0 unspecified atom stereocenters. The van der Waals surface area contributed by atoms with Gasteiger partial charge in [0.25, 0.3) is 5.91 Å². The fourth-order valence-corrected chi connectivity index (χ4v) is 1.83. The van der Waals surface area contributed by atoms with Gasteiger partial charge in [-0.2, -0.15) is 0 Å². The Bertz CT molecular complexity index is 547. The summed E-state index contributed by atoms with van der Waals surface area (Å²) in [6.45, 7) is 1.81. The Morgan fingerprint density at radius 3 is 2.48 bits per heavy atom. The molecule has 0 atom stereocenters. The van der Waals surface area contributed by atoms with E-state index in [0.717, 1.165) is 0 Å². The van der Waals surface area contributed by atoms with Gasteiger partial charge in [0.1, 0.15) is 5.75 Å². The normalized spacial score (nSPS) is 10.0. The number of hydrogen-bond donors (Lipinski definition) is 2. The standard InChI is InChI=1S/C15H19ClN2O5/c1-2-18(8-7-15(21)22)14(20)9-17-13(19)10-23-12-5-3-11(16)4-6-12/h3-6H,2,7-10H2,1H3,(H,17,19)(H,21,22). The first-order chi connectivity index (χ1) is 10.9. The maximum absolute atomic E-state index is 11.9. The molecule has 7 nitrogen and oxygen atoms in total. The third-order valence-electron chi connectivity index (χ3n) is 2.95. The number of likely N-dealkylation sites (N-methyl/N-ethyl adjacent to an activating group) is 1. The minimum absolute atomic E-state index is 0.113. The van der Waals surface area contributed by atoms with Crippen LogP contribution in [0.3, 0.4) is 0 Å². The highest BCUT2D eigenvalue weighted by Crippen LogP contribution is 2.15. The van der Waals surface area contributed by atoms with E-state index >= 15 is 0 Å². The highest BCUT2D eigenvalue weighted by atomic mass is 35.5. The summed E-state index contributed by atoms with van der Waals surface area (Å²) in [5, 5.41) is 11.6. The lowest BCUT2D eigenvalue weighted by molar-refractivity contribution is -0.139. The molecule has 2 amide bonds. The van der Waals surface area contributed by atoms with E-state index in [0.29, 0.717) is 17.3 Å². The van der Waals surface area contributed by atoms with Crippen LogP contribution in [0.2, 0.25) is 5.02 Å². The Hall–Kier alpha value is -2.28. The lowest BCUT2D eigenvalue weighted by Gasteiger charge is -2.20. The second-order valence-corrected chi connectivity index (χ2v) is 5.07. The summed E-state index contributed by atoms with van der Waals surface area (Å²) < 4.78 is 5.25. The first-order valence-corrected chi connectivity index (χ1v) is 7.44. The Balaban J connectivity index is 2.32. The van der Waals surface area contributed by atoms with Gasteiger partial charge in [-0.25, -0.2) is 0 Å². The van der Waals surface area contributed by atoms with Crippen molar-refractivity contribution in [2.24, 2.45) is 0 Å². The van der Waals surface area contributed by atoms with E-state index in [1.807, 2.05) is 0 Å². The van der Waals surface area contributed by atoms with Crippen LogP contribution in [0, 0.1) is 0 Å². The van der Waals surface area contributed by atoms with E-state index < -0.39 is 11.9 Å². The number of carboxylic acids is 1. The maximum atomic E-state index is 11.9. The highest BCUT2D eigenvalue weighted by Gasteiger charge is 2.14. The van der Waals surface area contributed by atoms with Gasteiger partial charge in [-0.1, -0.05) is 11.6 Å². The lowest BCUT2D eigenvalue weighted by atomic mass is 10.3. The molecule has 0 bridgehead atoms. The molecule has 1 aromatic carbocycles. The van der Waals surface area contributed by atoms with E-state index in [1.54, 1.807) is 31.2 Å². The molecular formula is C15H19ClN2O5. The van der Waals surface area contributed by atoms with Gasteiger partial charge in [0.05, 0.1) is 13.0 Å². The molecule has 0 heterocycles. The van der Waals surface area contributed by atoms with Crippen molar-refractivity contribution in [3.05, 3.63) is 29.3 Å². The molecular weight excluding hydrogens is 324 g/mol. The van der Waals surface area contributed by atoms with E-state index in [-0.39, 0.29) is 32.0 Å². The van der Waals surface area contributed by atoms with Crippen LogP contribution in [-0.4, -0.2) is 54.0 Å². The van der Waals surface area contributed by atoms with Crippen molar-refractivity contribution in [1.82, 2.24) is 10.2 Å². The Labute approximate surface area is 139 Å². The summed E-state index contributed by atoms with van der Waals surface area (Å²) in [6, 6.07) is 6.54. The summed E-state index contributed by atoms with van der Waals surface area (Å²) >= 11 is 5.73. The summed E-state index contributed by atoms with van der Waals surface area (Å²) in [5.74, 6) is -1.26. The number of carbonyl (C=O) groups is 3. The van der Waals surface area contributed by atoms with E-state index in [1.165, 1.54) is 4.90 Å². The van der Waals surface area contributed by atoms with Gasteiger partial charge in [-0.05, 0) is 31.2 Å². The van der Waals surface area contributed by atoms with Gasteiger partial charge in [0, 0.05) is 18.1 Å². The summed E-state index contributed by atoms with van der Waals surface area (Å²) in [5.41, 5.74) is 0. The molecule has 1 aromatic rings. The molecule has 0 aliphatic heterocycles. The minimum Gasteiger partial charge on any atom is -0.484 e. The van der Waals surface area contributed by atoms with E-state index in [4.69, 9.17) is 21.4 Å². The molecule has 1 rings (SSSR count). The van der Waals surface area contributed by atoms with Crippen molar-refractivity contribution in [2.75, 3.05) is 26.2 Å². The molecule has 0 spiro atoms. The fraction of sp³-hybridized carbons (Fsp3) is 0.400. The smallest absolute Gasteiger partial charge is 0.305 e. The average molecular weight is 343 g/mol. The SMILES string of the molecule is CCN(CCC(=O)O)C(=O)CNC(=O)COc1ccc(Cl)cc1. The average Bonchev–Trinajstić information content (AvgIpc) is 2.52. The van der Waals surface area contributed by atoms with Crippen molar-refractivity contribution in [3.63, 3.8) is 0 Å². The summed E-state index contributed by atoms with van der Waals surface area (Å²) in [6.07, 6.45) is -0.132. The van der Waals surface area contributed by atoms with Crippen LogP contribution >= 0.6 is 11.6 Å². The number of amides is 2. The molecule has 0 radical (unpaired) electrons. The Morgan fingerprint density at radius 1 is 1.26 bits per heavy atom. The first kappa shape index (κ1) is 18.8. The Morgan fingerprint density at radius 2 is 1.91 bits per heavy atom. The first-order valence-electron chi connectivity index (χ1n) is 7.07. The van der Waals surface area contributed by atoms with Gasteiger partial charge < -0.3 is 20.1 Å². The molecule has 8 heteroatoms. The minimum atomic E-state index is -0.975. The van der Waals surface area contributed by atoms with Gasteiger partial charge in [0.2, 0.25) is 5.91 Å². The fourth-order valence-electron chi connectivity index (χ4n) is 1.71. The molecule has 0 fully saturated rings. The second-order valence-electron chi connectivity index (χ2n) is 4.64. The molecule has 126 valence electrons. The number of aliphatic carboxylic acids is 1. The van der Waals surface area contributed by atoms with Gasteiger partial charge >= 0.3 is 5.97 Å². The number of halogens is 1. The van der Waals surface area contributed by atoms with Gasteiger partial charge in [-0.15, -0.1) is 0 Å². The number of ether oxygens (including phenoxy) is 1. The highest BCUT2D eigenvalue weighted by molar-refractivity contribution is 6.30. The molecule has 2 N–H and O–H groups in total. The molecule has 0 aliphatic rings. The zero-order valence-corrected chi connectivity index (χ0v) is 13.5. The van der Waals surface area contributed by atoms with Crippen molar-refractivity contribution in [1.29, 1.82) is 0 Å². The molecule has 0 saturated carbocycles. The number of hydrogen-bond acceptors (Lipinski definition) is 4. The lowest BCUT2D eigenvalue weighted by Crippen LogP contribution is -2.42. The number of rotatable bonds is 9. The molecule has 0 aliphatic carbocycles. The van der Waals surface area contributed by atoms with Crippen molar-refractivity contribution in [3.8, 4) is 5.75 Å². The van der Waals surface area contributed by atoms with Gasteiger partial charge in [0.15, 0.2) is 6.61 Å². The number of benzene rings is 1. The number of carboxylic acid groups (broad SMARTS) is 1.